The lowest BCUT2D eigenvalue weighted by Crippen LogP contribution is -2.64. The number of para-hydroxylation sites is 1. The van der Waals surface area contributed by atoms with Crippen molar-refractivity contribution in [3.63, 3.8) is 0 Å². The number of likely N-dealkylation sites (N-methyl/N-ethyl adjacent to an activating group) is 1. The first-order chi connectivity index (χ1) is 14.9. The van der Waals surface area contributed by atoms with Gasteiger partial charge in [0.1, 0.15) is 11.2 Å². The van der Waals surface area contributed by atoms with Crippen molar-refractivity contribution in [2.24, 2.45) is 0 Å². The van der Waals surface area contributed by atoms with Gasteiger partial charge in [-0.2, -0.15) is 0 Å². The number of hydrogen-bond donors (Lipinski definition) is 2. The summed E-state index contributed by atoms with van der Waals surface area (Å²) >= 11 is 1.65. The van der Waals surface area contributed by atoms with Crippen LogP contribution in [0.5, 0.6) is 0 Å². The number of amides is 3. The molecule has 1 aromatic carbocycles. The van der Waals surface area contributed by atoms with Gasteiger partial charge in [-0.25, -0.2) is 0 Å². The second-order valence-corrected chi connectivity index (χ2v) is 8.89. The van der Waals surface area contributed by atoms with Gasteiger partial charge in [-0.15, -0.1) is 11.3 Å². The van der Waals surface area contributed by atoms with Crippen LogP contribution in [0.2, 0.25) is 0 Å². The van der Waals surface area contributed by atoms with E-state index < -0.39 is 5.54 Å². The van der Waals surface area contributed by atoms with Crippen molar-refractivity contribution in [1.29, 1.82) is 0 Å². The molecule has 3 amide bonds. The van der Waals surface area contributed by atoms with Crippen molar-refractivity contribution in [3.8, 4) is 0 Å². The fourth-order valence-corrected chi connectivity index (χ4v) is 4.90. The Balaban J connectivity index is 1.44. The number of nitrogens with zero attached hydrogens (tertiary/aromatic N) is 2. The Morgan fingerprint density at radius 3 is 2.71 bits per heavy atom. The van der Waals surface area contributed by atoms with Crippen LogP contribution >= 0.6 is 11.3 Å². The van der Waals surface area contributed by atoms with Crippen LogP contribution in [-0.2, 0) is 22.6 Å². The molecule has 0 aliphatic carbocycles. The monoisotopic (exact) mass is 438 g/mol. The zero-order valence-electron chi connectivity index (χ0n) is 17.7. The topological polar surface area (TPSA) is 83.4 Å². The van der Waals surface area contributed by atoms with Gasteiger partial charge in [-0.05, 0) is 43.8 Å². The molecule has 0 fully saturated rings. The molecule has 3 aromatic rings. The van der Waals surface area contributed by atoms with Crippen molar-refractivity contribution in [2.75, 3.05) is 19.6 Å². The SMILES string of the molecule is CCN1C(=O)c2cc3ccccc3n2C[C@@]1(C)C(=O)NCC(=O)NCCc1cccs1. The fourth-order valence-electron chi connectivity index (χ4n) is 4.19. The van der Waals surface area contributed by atoms with Gasteiger partial charge >= 0.3 is 0 Å². The average molecular weight is 439 g/mol. The van der Waals surface area contributed by atoms with Crippen LogP contribution < -0.4 is 10.6 Å². The van der Waals surface area contributed by atoms with Gasteiger partial charge in [-0.1, -0.05) is 24.3 Å². The number of aromatic nitrogens is 1. The summed E-state index contributed by atoms with van der Waals surface area (Å²) in [7, 11) is 0. The van der Waals surface area contributed by atoms with Crippen LogP contribution in [-0.4, -0.2) is 52.4 Å². The van der Waals surface area contributed by atoms with Crippen LogP contribution in [0.25, 0.3) is 10.9 Å². The summed E-state index contributed by atoms with van der Waals surface area (Å²) in [5.41, 5.74) is 0.421. The lowest BCUT2D eigenvalue weighted by atomic mass is 9.95. The van der Waals surface area contributed by atoms with Gasteiger partial charge in [0.05, 0.1) is 13.1 Å². The Morgan fingerprint density at radius 1 is 1.16 bits per heavy atom. The molecule has 0 saturated carbocycles. The van der Waals surface area contributed by atoms with Crippen LogP contribution in [0.4, 0.5) is 0 Å². The third kappa shape index (κ3) is 3.95. The minimum absolute atomic E-state index is 0.121. The highest BCUT2D eigenvalue weighted by atomic mass is 32.1. The highest BCUT2D eigenvalue weighted by Crippen LogP contribution is 2.32. The molecule has 3 heterocycles. The summed E-state index contributed by atoms with van der Waals surface area (Å²) in [6.45, 7) is 4.75. The Kier molecular flexibility index (Phi) is 5.82. The smallest absolute Gasteiger partial charge is 0.271 e. The number of nitrogens with one attached hydrogen (secondary N) is 2. The van der Waals surface area contributed by atoms with Crippen molar-refractivity contribution >= 4 is 40.0 Å². The van der Waals surface area contributed by atoms with E-state index in [9.17, 15) is 14.4 Å². The number of carbonyl (C=O) groups is 3. The molecular formula is C23H26N4O3S. The highest BCUT2D eigenvalue weighted by molar-refractivity contribution is 7.09. The minimum Gasteiger partial charge on any atom is -0.354 e. The maximum Gasteiger partial charge on any atom is 0.271 e. The van der Waals surface area contributed by atoms with Crippen molar-refractivity contribution in [3.05, 3.63) is 58.4 Å². The van der Waals surface area contributed by atoms with Crippen molar-refractivity contribution in [2.45, 2.75) is 32.4 Å². The maximum absolute atomic E-state index is 13.2. The maximum atomic E-state index is 13.2. The van der Waals surface area contributed by atoms with E-state index in [2.05, 4.69) is 10.6 Å². The predicted octanol–water partition coefficient (Wildman–Crippen LogP) is 2.41. The third-order valence-electron chi connectivity index (χ3n) is 5.83. The molecule has 4 rings (SSSR count). The third-order valence-corrected chi connectivity index (χ3v) is 6.76. The molecule has 7 nitrogen and oxygen atoms in total. The van der Waals surface area contributed by atoms with E-state index in [0.717, 1.165) is 17.3 Å². The van der Waals surface area contributed by atoms with E-state index >= 15 is 0 Å². The van der Waals surface area contributed by atoms with E-state index in [1.807, 2.05) is 59.3 Å². The molecule has 1 atom stereocenters. The molecule has 2 N–H and O–H groups in total. The molecule has 0 unspecified atom stereocenters. The van der Waals surface area contributed by atoms with E-state index in [1.54, 1.807) is 23.2 Å². The number of hydrogen-bond acceptors (Lipinski definition) is 4. The second-order valence-electron chi connectivity index (χ2n) is 7.86. The molecule has 0 spiro atoms. The van der Waals surface area contributed by atoms with Crippen LogP contribution in [0.15, 0.2) is 47.8 Å². The summed E-state index contributed by atoms with van der Waals surface area (Å²) in [5, 5.41) is 8.54. The van der Waals surface area contributed by atoms with E-state index in [1.165, 1.54) is 4.88 Å². The zero-order valence-corrected chi connectivity index (χ0v) is 18.5. The molecule has 8 heteroatoms. The fraction of sp³-hybridized carbons (Fsp3) is 0.348. The van der Waals surface area contributed by atoms with E-state index in [-0.39, 0.29) is 24.3 Å². The molecule has 0 saturated heterocycles. The van der Waals surface area contributed by atoms with E-state index in [4.69, 9.17) is 0 Å². The Hall–Kier alpha value is -3.13. The summed E-state index contributed by atoms with van der Waals surface area (Å²) in [6.07, 6.45) is 0.761. The quantitative estimate of drug-likeness (QED) is 0.594. The molecule has 1 aliphatic rings. The number of fused-ring (bicyclic) bond motifs is 3. The first-order valence-corrected chi connectivity index (χ1v) is 11.3. The van der Waals surface area contributed by atoms with Gasteiger partial charge in [-0.3, -0.25) is 14.4 Å². The minimum atomic E-state index is -1.09. The van der Waals surface area contributed by atoms with Crippen molar-refractivity contribution < 1.29 is 14.4 Å². The number of carbonyl (C=O) groups excluding carboxylic acids is 3. The molecule has 0 bridgehead atoms. The summed E-state index contributed by atoms with van der Waals surface area (Å²) in [4.78, 5) is 41.3. The van der Waals surface area contributed by atoms with Gasteiger partial charge in [0, 0.05) is 28.9 Å². The summed E-state index contributed by atoms with van der Waals surface area (Å²) < 4.78 is 1.91. The molecule has 2 aromatic heterocycles. The second kappa shape index (κ2) is 8.55. The van der Waals surface area contributed by atoms with Gasteiger partial charge < -0.3 is 20.1 Å². The number of rotatable bonds is 7. The van der Waals surface area contributed by atoms with Crippen LogP contribution in [0, 0.1) is 0 Å². The lowest BCUT2D eigenvalue weighted by molar-refractivity contribution is -0.134. The predicted molar refractivity (Wildman–Crippen MR) is 121 cm³/mol. The largest absolute Gasteiger partial charge is 0.354 e. The number of benzene rings is 1. The Labute approximate surface area is 185 Å². The zero-order chi connectivity index (χ0) is 22.0. The summed E-state index contributed by atoms with van der Waals surface area (Å²) in [6, 6.07) is 13.6. The van der Waals surface area contributed by atoms with Crippen LogP contribution in [0.1, 0.15) is 29.2 Å². The molecule has 0 radical (unpaired) electrons. The first kappa shape index (κ1) is 21.1. The lowest BCUT2D eigenvalue weighted by Gasteiger charge is -2.43. The summed E-state index contributed by atoms with van der Waals surface area (Å²) in [5.74, 6) is -0.756. The normalized spacial score (nSPS) is 18.1. The molecule has 162 valence electrons. The van der Waals surface area contributed by atoms with Gasteiger partial charge in [0.15, 0.2) is 0 Å². The van der Waals surface area contributed by atoms with Gasteiger partial charge in [0.2, 0.25) is 11.8 Å². The molecule has 31 heavy (non-hydrogen) atoms. The molecular weight excluding hydrogens is 412 g/mol. The van der Waals surface area contributed by atoms with Crippen molar-refractivity contribution in [1.82, 2.24) is 20.1 Å². The standard InChI is InChI=1S/C23H26N4O3S/c1-3-27-21(29)19-13-16-7-4-5-9-18(16)26(19)15-23(27,2)22(30)25-14-20(28)24-11-10-17-8-6-12-31-17/h4-9,12-13H,3,10-11,14-15H2,1-2H3,(H,24,28)(H,25,30)/t23-/m0/s1. The Morgan fingerprint density at radius 2 is 1.97 bits per heavy atom. The first-order valence-electron chi connectivity index (χ1n) is 10.4. The van der Waals surface area contributed by atoms with Crippen LogP contribution in [0.3, 0.4) is 0 Å². The Bertz CT molecular complexity index is 1120. The average Bonchev–Trinajstić information content (AvgIpc) is 3.40. The highest BCUT2D eigenvalue weighted by Gasteiger charge is 2.46. The van der Waals surface area contributed by atoms with Gasteiger partial charge in [0.25, 0.3) is 5.91 Å². The number of thiophene rings is 1. The molecule has 1 aliphatic heterocycles. The van der Waals surface area contributed by atoms with E-state index in [0.29, 0.717) is 25.3 Å².